The Labute approximate surface area is 70.7 Å². The van der Waals surface area contributed by atoms with E-state index in [-0.39, 0.29) is 0 Å². The molecule has 0 radical (unpaired) electrons. The Bertz CT molecular complexity index is 147. The molecule has 0 bridgehead atoms. The minimum atomic E-state index is -3.85. The molecule has 0 atom stereocenters. The van der Waals surface area contributed by atoms with E-state index in [9.17, 15) is 4.57 Å². The maximum atomic E-state index is 10.3. The van der Waals surface area contributed by atoms with Crippen LogP contribution in [0.2, 0.25) is 0 Å². The van der Waals surface area contributed by atoms with Gasteiger partial charge in [-0.05, 0) is 11.4 Å². The van der Waals surface area contributed by atoms with Crippen LogP contribution in [0.15, 0.2) is 0 Å². The summed E-state index contributed by atoms with van der Waals surface area (Å²) in [5.74, 6) is 0.447. The summed E-state index contributed by atoms with van der Waals surface area (Å²) < 4.78 is 10.3. The zero-order chi connectivity index (χ0) is 8.91. The Kier molecular flexibility index (Phi) is 5.38. The molecule has 68 valence electrons. The third-order valence-electron chi connectivity index (χ3n) is 0.914. The summed E-state index contributed by atoms with van der Waals surface area (Å²) in [7, 11) is 0. The number of nitrogens with one attached hydrogen (secondary N) is 1. The lowest BCUT2D eigenvalue weighted by molar-refractivity contribution is 0.397. The van der Waals surface area contributed by atoms with Crippen molar-refractivity contribution >= 4 is 18.2 Å². The molecule has 0 aromatic rings. The number of rotatable bonds is 5. The molecule has 0 saturated heterocycles. The topological polar surface area (TPSA) is 69.6 Å². The number of hydrogen-bond donors (Lipinski definition) is 3. The van der Waals surface area contributed by atoms with Gasteiger partial charge in [-0.2, -0.15) is 0 Å². The molecule has 0 unspecified atom stereocenters. The Morgan fingerprint density at radius 3 is 2.45 bits per heavy atom. The van der Waals surface area contributed by atoms with Gasteiger partial charge in [-0.15, -0.1) is 0 Å². The van der Waals surface area contributed by atoms with E-state index < -0.39 is 6.80 Å². The van der Waals surface area contributed by atoms with Crippen molar-refractivity contribution in [2.24, 2.45) is 0 Å². The normalized spacial score (nSPS) is 12.5. The van der Waals surface area contributed by atoms with Gasteiger partial charge < -0.3 is 15.1 Å². The quantitative estimate of drug-likeness (QED) is 0.451. The van der Waals surface area contributed by atoms with Gasteiger partial charge in [-0.1, -0.05) is 13.8 Å². The molecule has 0 aliphatic rings. The van der Waals surface area contributed by atoms with Gasteiger partial charge >= 0.3 is 6.80 Å². The minimum absolute atomic E-state index is 0.368. The molecule has 0 amide bonds. The first-order valence-corrected chi connectivity index (χ1v) is 6.55. The van der Waals surface area contributed by atoms with Crippen molar-refractivity contribution in [1.29, 1.82) is 0 Å². The van der Waals surface area contributed by atoms with Crippen LogP contribution >= 0.6 is 18.2 Å². The lowest BCUT2D eigenvalue weighted by atomic mass is 10.4. The van der Waals surface area contributed by atoms with Crippen LogP contribution in [-0.2, 0) is 4.57 Å². The van der Waals surface area contributed by atoms with Gasteiger partial charge in [0.15, 0.2) is 0 Å². The molecule has 11 heavy (non-hydrogen) atoms. The third kappa shape index (κ3) is 10.5. The van der Waals surface area contributed by atoms with Crippen LogP contribution in [0, 0.1) is 0 Å². The molecule has 0 aliphatic heterocycles. The highest BCUT2D eigenvalue weighted by molar-refractivity contribution is 8.54. The molecule has 4 nitrogen and oxygen atoms in total. The van der Waals surface area contributed by atoms with Crippen molar-refractivity contribution in [1.82, 2.24) is 5.32 Å². The lowest BCUT2D eigenvalue weighted by Crippen LogP contribution is -2.24. The fourth-order valence-electron chi connectivity index (χ4n) is 0.512. The summed E-state index contributed by atoms with van der Waals surface area (Å²) in [6, 6.07) is 0.368. The molecular weight excluding hydrogens is 185 g/mol. The van der Waals surface area contributed by atoms with E-state index in [0.717, 1.165) is 0 Å². The van der Waals surface area contributed by atoms with Crippen molar-refractivity contribution in [3.05, 3.63) is 0 Å². The Morgan fingerprint density at radius 2 is 2.09 bits per heavy atom. The van der Waals surface area contributed by atoms with Crippen molar-refractivity contribution in [2.75, 3.05) is 12.3 Å². The van der Waals surface area contributed by atoms with Crippen LogP contribution < -0.4 is 5.32 Å². The SMILES string of the molecule is CC(C)NCCSP(=O)(O)O. The third-order valence-corrected chi connectivity index (χ3v) is 3.19. The second kappa shape index (κ2) is 5.17. The highest BCUT2D eigenvalue weighted by Gasteiger charge is 2.12. The van der Waals surface area contributed by atoms with E-state index in [0.29, 0.717) is 29.7 Å². The van der Waals surface area contributed by atoms with Gasteiger partial charge in [0.2, 0.25) is 0 Å². The van der Waals surface area contributed by atoms with Gasteiger partial charge in [0.25, 0.3) is 0 Å². The van der Waals surface area contributed by atoms with Gasteiger partial charge in [0, 0.05) is 18.3 Å². The first-order chi connectivity index (χ1) is 4.92. The van der Waals surface area contributed by atoms with Crippen LogP contribution in [-0.4, -0.2) is 28.1 Å². The molecule has 6 heteroatoms. The van der Waals surface area contributed by atoms with Crippen LogP contribution in [0.25, 0.3) is 0 Å². The predicted octanol–water partition coefficient (Wildman–Crippen LogP) is 0.810. The Morgan fingerprint density at radius 1 is 1.55 bits per heavy atom. The average molecular weight is 199 g/mol. The van der Waals surface area contributed by atoms with E-state index in [1.165, 1.54) is 0 Å². The van der Waals surface area contributed by atoms with E-state index >= 15 is 0 Å². The average Bonchev–Trinajstić information content (AvgIpc) is 1.78. The highest BCUT2D eigenvalue weighted by Crippen LogP contribution is 2.49. The smallest absolute Gasteiger partial charge is 0.317 e. The van der Waals surface area contributed by atoms with Gasteiger partial charge in [0.05, 0.1) is 0 Å². The zero-order valence-corrected chi connectivity index (χ0v) is 8.36. The first kappa shape index (κ1) is 11.5. The van der Waals surface area contributed by atoms with Gasteiger partial charge in [-0.25, -0.2) is 4.57 Å². The highest BCUT2D eigenvalue weighted by atomic mass is 32.7. The van der Waals surface area contributed by atoms with Gasteiger partial charge in [0.1, 0.15) is 0 Å². The minimum Gasteiger partial charge on any atom is -0.317 e. The largest absolute Gasteiger partial charge is 0.384 e. The van der Waals surface area contributed by atoms with Crippen LogP contribution in [0.3, 0.4) is 0 Å². The summed E-state index contributed by atoms with van der Waals surface area (Å²) in [4.78, 5) is 16.9. The molecule has 0 aromatic carbocycles. The van der Waals surface area contributed by atoms with E-state index in [1.807, 2.05) is 13.8 Å². The van der Waals surface area contributed by atoms with Crippen molar-refractivity contribution in [2.45, 2.75) is 19.9 Å². The van der Waals surface area contributed by atoms with Crippen molar-refractivity contribution < 1.29 is 14.4 Å². The summed E-state index contributed by atoms with van der Waals surface area (Å²) in [6.07, 6.45) is 0. The first-order valence-electron chi connectivity index (χ1n) is 3.35. The zero-order valence-electron chi connectivity index (χ0n) is 6.65. The van der Waals surface area contributed by atoms with Crippen LogP contribution in [0.5, 0.6) is 0 Å². The lowest BCUT2D eigenvalue weighted by Gasteiger charge is -2.07. The molecule has 0 heterocycles. The Balaban J connectivity index is 3.22. The summed E-state index contributed by atoms with van der Waals surface area (Å²) >= 11 is 0.680. The molecular formula is C5H14NO3PS. The second-order valence-corrected chi connectivity index (χ2v) is 6.28. The van der Waals surface area contributed by atoms with E-state index in [2.05, 4.69) is 5.32 Å². The van der Waals surface area contributed by atoms with Crippen molar-refractivity contribution in [3.8, 4) is 0 Å². The summed E-state index contributed by atoms with van der Waals surface area (Å²) in [5.41, 5.74) is 0. The van der Waals surface area contributed by atoms with Crippen LogP contribution in [0.1, 0.15) is 13.8 Å². The molecule has 0 aromatic heterocycles. The second-order valence-electron chi connectivity index (χ2n) is 2.43. The monoisotopic (exact) mass is 199 g/mol. The van der Waals surface area contributed by atoms with Crippen molar-refractivity contribution in [3.63, 3.8) is 0 Å². The fourth-order valence-corrected chi connectivity index (χ4v) is 1.95. The summed E-state index contributed by atoms with van der Waals surface area (Å²) in [5, 5.41) is 3.05. The standard InChI is InChI=1S/C5H14NO3PS/c1-5(2)6-3-4-11-10(7,8)9/h5-6H,3-4H2,1-2H3,(H2,7,8,9). The molecule has 0 spiro atoms. The molecule has 0 fully saturated rings. The Hall–Kier alpha value is 0.460. The fraction of sp³-hybridized carbons (Fsp3) is 1.00. The maximum Gasteiger partial charge on any atom is 0.384 e. The van der Waals surface area contributed by atoms with Crippen LogP contribution in [0.4, 0.5) is 0 Å². The van der Waals surface area contributed by atoms with E-state index in [4.69, 9.17) is 9.79 Å². The van der Waals surface area contributed by atoms with E-state index in [1.54, 1.807) is 0 Å². The maximum absolute atomic E-state index is 10.3. The molecule has 3 N–H and O–H groups in total. The predicted molar refractivity (Wildman–Crippen MR) is 47.6 cm³/mol. The molecule has 0 aliphatic carbocycles. The number of hydrogen-bond acceptors (Lipinski definition) is 3. The summed E-state index contributed by atoms with van der Waals surface area (Å²) in [6.45, 7) is 0.760. The molecule has 0 rings (SSSR count). The molecule has 0 saturated carbocycles. The van der Waals surface area contributed by atoms with Gasteiger partial charge in [-0.3, -0.25) is 0 Å².